The van der Waals surface area contributed by atoms with Crippen molar-refractivity contribution in [2.24, 2.45) is 0 Å². The van der Waals surface area contributed by atoms with Crippen molar-refractivity contribution in [1.29, 1.82) is 0 Å². The molecule has 8 nitrogen and oxygen atoms in total. The van der Waals surface area contributed by atoms with E-state index in [0.29, 0.717) is 0 Å². The van der Waals surface area contributed by atoms with Crippen LogP contribution in [0.2, 0.25) is 0 Å². The van der Waals surface area contributed by atoms with Gasteiger partial charge in [-0.15, -0.1) is 0 Å². The van der Waals surface area contributed by atoms with E-state index < -0.39 is 0 Å². The zero-order valence-corrected chi connectivity index (χ0v) is 58.5. The topological polar surface area (TPSA) is 115 Å². The molecule has 0 saturated carbocycles. The molecule has 10 aromatic rings. The van der Waals surface area contributed by atoms with Gasteiger partial charge in [0.2, 0.25) is 0 Å². The van der Waals surface area contributed by atoms with Crippen molar-refractivity contribution in [3.05, 3.63) is 188 Å². The van der Waals surface area contributed by atoms with E-state index in [4.69, 9.17) is 19.9 Å². The summed E-state index contributed by atoms with van der Waals surface area (Å²) in [5.74, 6) is 13.3. The van der Waals surface area contributed by atoms with Gasteiger partial charge < -0.3 is 19.9 Å². The van der Waals surface area contributed by atoms with Crippen LogP contribution < -0.4 is 0 Å². The van der Waals surface area contributed by atoms with E-state index in [1.54, 1.807) is 0 Å². The average molecular weight is 1260 g/mol. The third-order valence-corrected chi connectivity index (χ3v) is 21.0. The van der Waals surface area contributed by atoms with Crippen LogP contribution in [0, 0.1) is 37.5 Å². The first-order chi connectivity index (χ1) is 46.8. The van der Waals surface area contributed by atoms with Gasteiger partial charge in [-0.05, 0) is 302 Å². The number of allylic oxidation sites excluding steroid dienone is 4. The Balaban J connectivity index is 0.846. The van der Waals surface area contributed by atoms with Gasteiger partial charge in [0.1, 0.15) is 0 Å². The lowest BCUT2D eigenvalue weighted by atomic mass is 9.96. The minimum Gasteiger partial charge on any atom is -0.355 e. The lowest BCUT2D eigenvalue weighted by Gasteiger charge is -2.05. The molecule has 14 rings (SSSR count). The Kier molecular flexibility index (Phi) is 17.8. The Morgan fingerprint density at radius 1 is 0.292 bits per heavy atom. The third kappa shape index (κ3) is 11.7. The highest BCUT2D eigenvalue weighted by molar-refractivity contribution is 6.02. The Morgan fingerprint density at radius 2 is 0.604 bits per heavy atom. The molecule has 4 aromatic carbocycles. The largest absolute Gasteiger partial charge is 0.355 e. The number of unbranched alkanes of at least 4 members (excludes halogenated alkanes) is 4. The summed E-state index contributed by atoms with van der Waals surface area (Å²) in [6.07, 6.45) is 16.7. The van der Waals surface area contributed by atoms with E-state index in [-0.39, 0.29) is 0 Å². The van der Waals surface area contributed by atoms with Gasteiger partial charge in [-0.25, -0.2) is 19.9 Å². The SMILES string of the molecule is CCCCC1=C(C)c2cc3nc(cc4[nH]c(cc5[nH]c(cc1n2)c(CC)c5CC)c(CCCC)c4C)-c1cc2ccc(C#CC#Cc4ccc5cc6c(cc5c4)-c4cc5nc(cc7[nH]c(cc8[nH]c(cc-6n4)c(C)c8CCCC)c(CC)c7CC)C(CCCC)=C5C)cc2cc1-3. The first-order valence-electron chi connectivity index (χ1n) is 35.9. The molecule has 4 aliphatic rings. The standard InChI is InChI=1S/C88H90N8/c1-13-21-29-65-51(9)73-43-85-69-39-57-35-33-55(37-59(57)41-71(69)87(95-85)45-75-53(11)67(31-23-15-3)83(91-75)49-79-63(19-7)61(17-5)77(93-79)47-81(65)89-73)27-25-26-28-56-34-36-58-40-70-72(42-60(58)38-56)88-46-76-54(12)68(32-24-16-4)84(92-76)50-80-64(20-8)62(18-6)78(94-80)48-82-66(30-22-14-2)52(10)74(90-82)44-86(70)96-88/h33-50,89-90,93-94H,13-24,29-32H2,1-12H3. The van der Waals surface area contributed by atoms with Crippen molar-refractivity contribution >= 4 is 88.0 Å². The molecule has 0 fully saturated rings. The number of fused-ring (bicyclic) bond motifs is 24. The van der Waals surface area contributed by atoms with Crippen LogP contribution in [0.25, 0.3) is 133 Å². The number of hydrogen-bond acceptors (Lipinski definition) is 4. The molecule has 10 heterocycles. The van der Waals surface area contributed by atoms with E-state index in [1.807, 2.05) is 0 Å². The van der Waals surface area contributed by atoms with Gasteiger partial charge in [0.25, 0.3) is 0 Å². The summed E-state index contributed by atoms with van der Waals surface area (Å²) in [5.41, 5.74) is 39.2. The molecule has 8 heteroatoms. The number of aryl methyl sites for hydroxylation is 8. The molecular weight excluding hydrogens is 1170 g/mol. The summed E-state index contributed by atoms with van der Waals surface area (Å²) in [5, 5.41) is 4.47. The van der Waals surface area contributed by atoms with Crippen molar-refractivity contribution < 1.29 is 0 Å². The first-order valence-corrected chi connectivity index (χ1v) is 35.9. The van der Waals surface area contributed by atoms with Crippen LogP contribution in [0.5, 0.6) is 0 Å². The summed E-state index contributed by atoms with van der Waals surface area (Å²) < 4.78 is 0. The molecule has 0 atom stereocenters. The Morgan fingerprint density at radius 3 is 0.979 bits per heavy atom. The van der Waals surface area contributed by atoms with Gasteiger partial charge in [-0.1, -0.05) is 105 Å². The molecule has 0 radical (unpaired) electrons. The van der Waals surface area contributed by atoms with E-state index in [9.17, 15) is 0 Å². The van der Waals surface area contributed by atoms with Gasteiger partial charge in [0.05, 0.1) is 45.6 Å². The lowest BCUT2D eigenvalue weighted by molar-refractivity contribution is 0.797. The van der Waals surface area contributed by atoms with Crippen molar-refractivity contribution in [3.63, 3.8) is 0 Å². The fourth-order valence-corrected chi connectivity index (χ4v) is 15.5. The van der Waals surface area contributed by atoms with Crippen LogP contribution in [0.1, 0.15) is 212 Å². The highest BCUT2D eigenvalue weighted by Crippen LogP contribution is 2.45. The Bertz CT molecular complexity index is 5070. The predicted octanol–water partition coefficient (Wildman–Crippen LogP) is 23.1. The smallest absolute Gasteiger partial charge is 0.0738 e. The number of aromatic nitrogens is 8. The fraction of sp³-hybridized carbons (Fsp3) is 0.318. The summed E-state index contributed by atoms with van der Waals surface area (Å²) >= 11 is 0. The van der Waals surface area contributed by atoms with E-state index in [0.717, 1.165) is 225 Å². The molecule has 16 bridgehead atoms. The molecule has 4 N–H and O–H groups in total. The molecule has 0 aliphatic carbocycles. The van der Waals surface area contributed by atoms with E-state index in [2.05, 4.69) is 236 Å². The molecule has 96 heavy (non-hydrogen) atoms. The molecule has 4 aliphatic heterocycles. The molecule has 0 unspecified atom stereocenters. The zero-order chi connectivity index (χ0) is 66.5. The van der Waals surface area contributed by atoms with Crippen molar-refractivity contribution in [2.45, 2.75) is 186 Å². The van der Waals surface area contributed by atoms with Gasteiger partial charge in [-0.3, -0.25) is 0 Å². The number of nitrogens with zero attached hydrogens (tertiary/aromatic N) is 4. The second-order valence-corrected chi connectivity index (χ2v) is 27.1. The predicted molar refractivity (Wildman–Crippen MR) is 408 cm³/mol. The van der Waals surface area contributed by atoms with Crippen molar-refractivity contribution in [3.8, 4) is 68.7 Å². The maximum absolute atomic E-state index is 5.52. The summed E-state index contributed by atoms with van der Waals surface area (Å²) in [6, 6.07) is 40.7. The summed E-state index contributed by atoms with van der Waals surface area (Å²) in [4.78, 5) is 37.7. The van der Waals surface area contributed by atoms with Crippen LogP contribution in [0.15, 0.2) is 109 Å². The van der Waals surface area contributed by atoms with Crippen LogP contribution >= 0.6 is 0 Å². The molecule has 0 amide bonds. The van der Waals surface area contributed by atoms with Crippen LogP contribution in [-0.2, 0) is 38.5 Å². The monoisotopic (exact) mass is 1260 g/mol. The zero-order valence-electron chi connectivity index (χ0n) is 58.5. The third-order valence-electron chi connectivity index (χ3n) is 21.0. The number of nitrogens with one attached hydrogen (secondary N) is 4. The van der Waals surface area contributed by atoms with E-state index in [1.165, 1.54) is 88.9 Å². The minimum absolute atomic E-state index is 0.907. The summed E-state index contributed by atoms with van der Waals surface area (Å²) in [6.45, 7) is 27.3. The normalized spacial score (nSPS) is 12.6. The van der Waals surface area contributed by atoms with Crippen LogP contribution in [0.4, 0.5) is 0 Å². The number of benzene rings is 4. The van der Waals surface area contributed by atoms with E-state index >= 15 is 0 Å². The number of rotatable bonds is 16. The highest BCUT2D eigenvalue weighted by atomic mass is 14.8. The first kappa shape index (κ1) is 63.6. The van der Waals surface area contributed by atoms with Crippen LogP contribution in [-0.4, -0.2) is 39.9 Å². The number of H-pyrrole nitrogens is 4. The molecule has 0 spiro atoms. The Hall–Kier alpha value is -9.76. The summed E-state index contributed by atoms with van der Waals surface area (Å²) in [7, 11) is 0. The number of aromatic amines is 4. The Labute approximate surface area is 566 Å². The number of hydrogen-bond donors (Lipinski definition) is 4. The molecule has 0 saturated heterocycles. The lowest BCUT2D eigenvalue weighted by Crippen LogP contribution is -1.87. The minimum atomic E-state index is 0.907. The van der Waals surface area contributed by atoms with Gasteiger partial charge in [0.15, 0.2) is 0 Å². The van der Waals surface area contributed by atoms with Gasteiger partial charge in [0, 0.05) is 77.5 Å². The molecule has 6 aromatic heterocycles. The highest BCUT2D eigenvalue weighted by Gasteiger charge is 2.26. The molecule has 482 valence electrons. The van der Waals surface area contributed by atoms with Crippen molar-refractivity contribution in [1.82, 2.24) is 39.9 Å². The fourth-order valence-electron chi connectivity index (χ4n) is 15.5. The van der Waals surface area contributed by atoms with Gasteiger partial charge >= 0.3 is 0 Å². The maximum Gasteiger partial charge on any atom is 0.0738 e. The van der Waals surface area contributed by atoms with Crippen LogP contribution in [0.3, 0.4) is 0 Å². The second-order valence-electron chi connectivity index (χ2n) is 27.1. The molecular formula is C88H90N8. The maximum atomic E-state index is 5.52. The quantitative estimate of drug-likeness (QED) is 0.0722. The second kappa shape index (κ2) is 26.8. The van der Waals surface area contributed by atoms with Crippen molar-refractivity contribution in [2.75, 3.05) is 0 Å². The average Bonchev–Trinajstić information content (AvgIpc) is 1.58. The van der Waals surface area contributed by atoms with Gasteiger partial charge in [-0.2, -0.15) is 0 Å².